The van der Waals surface area contributed by atoms with Gasteiger partial charge in [0.1, 0.15) is 0 Å². The van der Waals surface area contributed by atoms with Crippen molar-refractivity contribution in [3.63, 3.8) is 0 Å². The molecule has 2 rings (SSSR count). The number of likely N-dealkylation sites (N-methyl/N-ethyl adjacent to an activating group) is 1. The number of benzene rings is 2. The van der Waals surface area contributed by atoms with E-state index in [9.17, 15) is 9.59 Å². The van der Waals surface area contributed by atoms with E-state index in [1.165, 1.54) is 0 Å². The van der Waals surface area contributed by atoms with Gasteiger partial charge in [-0.3, -0.25) is 9.59 Å². The first kappa shape index (κ1) is 13.1. The number of rotatable bonds is 4. The maximum Gasteiger partial charge on any atom is 0.239 e. The van der Waals surface area contributed by atoms with Gasteiger partial charge in [0.25, 0.3) is 0 Å². The Bertz CT molecular complexity index is 603. The number of fused-ring (bicyclic) bond motifs is 1. The molecule has 0 saturated carbocycles. The molecule has 0 aliphatic carbocycles. The quantitative estimate of drug-likeness (QED) is 0.864. The van der Waals surface area contributed by atoms with Crippen molar-refractivity contribution in [2.45, 2.75) is 6.42 Å². The van der Waals surface area contributed by atoms with Crippen LogP contribution in [-0.2, 0) is 16.0 Å². The summed E-state index contributed by atoms with van der Waals surface area (Å²) in [6, 6.07) is 13.8. The Morgan fingerprint density at radius 1 is 1.00 bits per heavy atom. The van der Waals surface area contributed by atoms with Gasteiger partial charge in [0.05, 0.1) is 13.0 Å². The first-order chi connectivity index (χ1) is 9.20. The molecule has 2 amide bonds. The first-order valence-corrected chi connectivity index (χ1v) is 6.14. The summed E-state index contributed by atoms with van der Waals surface area (Å²) >= 11 is 0. The van der Waals surface area contributed by atoms with Crippen LogP contribution in [0.15, 0.2) is 42.5 Å². The average Bonchev–Trinajstić information content (AvgIpc) is 2.45. The summed E-state index contributed by atoms with van der Waals surface area (Å²) in [5.74, 6) is -0.355. The maximum atomic E-state index is 11.8. The number of amides is 2. The van der Waals surface area contributed by atoms with Crippen LogP contribution >= 0.6 is 0 Å². The molecule has 0 atom stereocenters. The van der Waals surface area contributed by atoms with Crippen LogP contribution in [0.5, 0.6) is 0 Å². The summed E-state index contributed by atoms with van der Waals surface area (Å²) in [4.78, 5) is 22.8. The van der Waals surface area contributed by atoms with Crippen LogP contribution < -0.4 is 10.6 Å². The highest BCUT2D eigenvalue weighted by Crippen LogP contribution is 2.18. The van der Waals surface area contributed by atoms with E-state index in [1.54, 1.807) is 7.05 Å². The normalized spacial score (nSPS) is 10.2. The molecule has 0 fully saturated rings. The molecule has 19 heavy (non-hydrogen) atoms. The van der Waals surface area contributed by atoms with Crippen molar-refractivity contribution >= 4 is 22.6 Å². The first-order valence-electron chi connectivity index (χ1n) is 6.14. The molecule has 0 aromatic heterocycles. The molecule has 2 aromatic carbocycles. The fraction of sp³-hybridized carbons (Fsp3) is 0.200. The van der Waals surface area contributed by atoms with E-state index in [1.807, 2.05) is 42.5 Å². The SMILES string of the molecule is CNC(=O)CNC(=O)Cc1cccc2ccccc12. The second-order valence-electron chi connectivity index (χ2n) is 4.26. The lowest BCUT2D eigenvalue weighted by molar-refractivity contribution is -0.125. The van der Waals surface area contributed by atoms with Crippen molar-refractivity contribution < 1.29 is 9.59 Å². The monoisotopic (exact) mass is 256 g/mol. The van der Waals surface area contributed by atoms with Crippen LogP contribution in [-0.4, -0.2) is 25.4 Å². The largest absolute Gasteiger partial charge is 0.358 e. The number of carbonyl (C=O) groups excluding carboxylic acids is 2. The van der Waals surface area contributed by atoms with E-state index >= 15 is 0 Å². The Labute approximate surface area is 111 Å². The van der Waals surface area contributed by atoms with Gasteiger partial charge < -0.3 is 10.6 Å². The highest BCUT2D eigenvalue weighted by Gasteiger charge is 2.07. The average molecular weight is 256 g/mol. The minimum atomic E-state index is -0.203. The summed E-state index contributed by atoms with van der Waals surface area (Å²) in [6.45, 7) is 0.0140. The van der Waals surface area contributed by atoms with E-state index in [0.29, 0.717) is 0 Å². The maximum absolute atomic E-state index is 11.8. The third-order valence-electron chi connectivity index (χ3n) is 2.96. The van der Waals surface area contributed by atoms with Crippen LogP contribution in [0.2, 0.25) is 0 Å². The van der Waals surface area contributed by atoms with Gasteiger partial charge in [-0.25, -0.2) is 0 Å². The zero-order valence-electron chi connectivity index (χ0n) is 10.8. The van der Waals surface area contributed by atoms with Crippen molar-refractivity contribution in [1.29, 1.82) is 0 Å². The Morgan fingerprint density at radius 3 is 2.53 bits per heavy atom. The Balaban J connectivity index is 2.09. The summed E-state index contributed by atoms with van der Waals surface area (Å²) in [6.07, 6.45) is 0.276. The van der Waals surface area contributed by atoms with Gasteiger partial charge in [0.15, 0.2) is 0 Å². The van der Waals surface area contributed by atoms with E-state index in [0.717, 1.165) is 16.3 Å². The summed E-state index contributed by atoms with van der Waals surface area (Å²) < 4.78 is 0. The molecule has 0 unspecified atom stereocenters. The second kappa shape index (κ2) is 6.00. The van der Waals surface area contributed by atoms with Gasteiger partial charge in [0, 0.05) is 7.05 Å². The zero-order valence-corrected chi connectivity index (χ0v) is 10.8. The van der Waals surface area contributed by atoms with Gasteiger partial charge in [-0.05, 0) is 16.3 Å². The molecule has 0 aliphatic rings. The van der Waals surface area contributed by atoms with Crippen molar-refractivity contribution in [3.8, 4) is 0 Å². The summed E-state index contributed by atoms with van der Waals surface area (Å²) in [5.41, 5.74) is 0.965. The molecule has 2 aromatic rings. The summed E-state index contributed by atoms with van der Waals surface area (Å²) in [5, 5.41) is 7.24. The van der Waals surface area contributed by atoms with Crippen molar-refractivity contribution in [2.24, 2.45) is 0 Å². The lowest BCUT2D eigenvalue weighted by Crippen LogP contribution is -2.35. The van der Waals surface area contributed by atoms with Gasteiger partial charge in [-0.2, -0.15) is 0 Å². The van der Waals surface area contributed by atoms with Gasteiger partial charge >= 0.3 is 0 Å². The lowest BCUT2D eigenvalue weighted by atomic mass is 10.0. The third kappa shape index (κ3) is 3.31. The molecule has 4 nitrogen and oxygen atoms in total. The van der Waals surface area contributed by atoms with Crippen LogP contribution in [0, 0.1) is 0 Å². The molecule has 0 saturated heterocycles. The molecule has 0 aliphatic heterocycles. The van der Waals surface area contributed by atoms with Crippen molar-refractivity contribution in [2.75, 3.05) is 13.6 Å². The smallest absolute Gasteiger partial charge is 0.239 e. The fourth-order valence-corrected chi connectivity index (χ4v) is 1.95. The summed E-state index contributed by atoms with van der Waals surface area (Å²) in [7, 11) is 1.54. The number of nitrogens with one attached hydrogen (secondary N) is 2. The Morgan fingerprint density at radius 2 is 1.74 bits per heavy atom. The van der Waals surface area contributed by atoms with Crippen molar-refractivity contribution in [3.05, 3.63) is 48.0 Å². The van der Waals surface area contributed by atoms with E-state index < -0.39 is 0 Å². The number of hydrogen-bond acceptors (Lipinski definition) is 2. The number of carbonyl (C=O) groups is 2. The fourth-order valence-electron chi connectivity index (χ4n) is 1.95. The lowest BCUT2D eigenvalue weighted by Gasteiger charge is -2.07. The van der Waals surface area contributed by atoms with Crippen LogP contribution in [0.25, 0.3) is 10.8 Å². The highest BCUT2D eigenvalue weighted by molar-refractivity contribution is 5.91. The standard InChI is InChI=1S/C15H16N2O2/c1-16-15(19)10-17-14(18)9-12-7-4-6-11-5-2-3-8-13(11)12/h2-8H,9-10H2,1H3,(H,16,19)(H,17,18). The predicted octanol–water partition coefficient (Wildman–Crippen LogP) is 1.24. The Hall–Kier alpha value is -2.36. The molecule has 0 bridgehead atoms. The second-order valence-corrected chi connectivity index (χ2v) is 4.26. The van der Waals surface area contributed by atoms with Gasteiger partial charge in [-0.15, -0.1) is 0 Å². The van der Waals surface area contributed by atoms with Gasteiger partial charge in [-0.1, -0.05) is 42.5 Å². The van der Waals surface area contributed by atoms with Crippen molar-refractivity contribution in [1.82, 2.24) is 10.6 Å². The Kier molecular flexibility index (Phi) is 4.13. The minimum Gasteiger partial charge on any atom is -0.358 e. The minimum absolute atomic E-state index is 0.0140. The molecule has 0 heterocycles. The van der Waals surface area contributed by atoms with Crippen LogP contribution in [0.4, 0.5) is 0 Å². The molecular formula is C15H16N2O2. The van der Waals surface area contributed by atoms with Crippen LogP contribution in [0.1, 0.15) is 5.56 Å². The molecule has 0 spiro atoms. The van der Waals surface area contributed by atoms with Crippen LogP contribution in [0.3, 0.4) is 0 Å². The molecule has 4 heteroatoms. The van der Waals surface area contributed by atoms with E-state index in [2.05, 4.69) is 10.6 Å². The molecular weight excluding hydrogens is 240 g/mol. The number of hydrogen-bond donors (Lipinski definition) is 2. The highest BCUT2D eigenvalue weighted by atomic mass is 16.2. The predicted molar refractivity (Wildman–Crippen MR) is 74.7 cm³/mol. The molecule has 0 radical (unpaired) electrons. The third-order valence-corrected chi connectivity index (χ3v) is 2.96. The van der Waals surface area contributed by atoms with E-state index in [-0.39, 0.29) is 24.8 Å². The van der Waals surface area contributed by atoms with E-state index in [4.69, 9.17) is 0 Å². The topological polar surface area (TPSA) is 58.2 Å². The zero-order chi connectivity index (χ0) is 13.7. The molecule has 98 valence electrons. The molecule has 2 N–H and O–H groups in total. The van der Waals surface area contributed by atoms with Gasteiger partial charge in [0.2, 0.25) is 11.8 Å².